The molecule has 5 rings (SSSR count). The first kappa shape index (κ1) is 24.8. The van der Waals surface area contributed by atoms with E-state index in [0.717, 1.165) is 45.4 Å². The second kappa shape index (κ2) is 11.0. The van der Waals surface area contributed by atoms with Gasteiger partial charge in [-0.1, -0.05) is 0 Å². The molecule has 0 amide bonds. The van der Waals surface area contributed by atoms with Gasteiger partial charge in [-0.25, -0.2) is 29.7 Å². The molecule has 192 valence electrons. The van der Waals surface area contributed by atoms with Gasteiger partial charge in [-0.2, -0.15) is 0 Å². The van der Waals surface area contributed by atoms with Gasteiger partial charge in [0.05, 0.1) is 42.1 Å². The van der Waals surface area contributed by atoms with Crippen LogP contribution in [0, 0.1) is 0 Å². The third kappa shape index (κ3) is 5.44. The number of ether oxygens (including phenoxy) is 2. The van der Waals surface area contributed by atoms with Crippen molar-refractivity contribution in [2.24, 2.45) is 0 Å². The second-order valence-electron chi connectivity index (χ2n) is 8.43. The summed E-state index contributed by atoms with van der Waals surface area (Å²) >= 11 is 1.66. The highest BCUT2D eigenvalue weighted by atomic mass is 32.1. The van der Waals surface area contributed by atoms with E-state index < -0.39 is 5.97 Å². The van der Waals surface area contributed by atoms with E-state index >= 15 is 0 Å². The lowest BCUT2D eigenvalue weighted by atomic mass is 10.2. The summed E-state index contributed by atoms with van der Waals surface area (Å²) in [6.45, 7) is 5.53. The molecule has 0 spiro atoms. The summed E-state index contributed by atoms with van der Waals surface area (Å²) < 4.78 is 11.6. The first-order valence-electron chi connectivity index (χ1n) is 12.0. The van der Waals surface area contributed by atoms with E-state index in [1.165, 1.54) is 12.4 Å². The molecule has 5 heterocycles. The van der Waals surface area contributed by atoms with Crippen molar-refractivity contribution in [3.05, 3.63) is 47.2 Å². The number of morpholine rings is 1. The molecule has 0 bridgehead atoms. The van der Waals surface area contributed by atoms with E-state index in [2.05, 4.69) is 31.2 Å². The van der Waals surface area contributed by atoms with Crippen molar-refractivity contribution >= 4 is 45.1 Å². The Morgan fingerprint density at radius 3 is 2.62 bits per heavy atom. The number of carbonyl (C=O) groups excluding carboxylic acids is 1. The highest BCUT2D eigenvalue weighted by molar-refractivity contribution is 7.19. The fraction of sp³-hybridized carbons (Fsp3) is 0.360. The molecule has 4 aromatic rings. The number of rotatable bonds is 8. The van der Waals surface area contributed by atoms with Crippen LogP contribution in [0.1, 0.15) is 22.2 Å². The molecule has 0 aromatic carbocycles. The zero-order valence-corrected chi connectivity index (χ0v) is 21.8. The van der Waals surface area contributed by atoms with Gasteiger partial charge in [-0.15, -0.1) is 11.3 Å². The van der Waals surface area contributed by atoms with Crippen molar-refractivity contribution < 1.29 is 14.3 Å². The van der Waals surface area contributed by atoms with Crippen LogP contribution in [0.5, 0.6) is 0 Å². The lowest BCUT2D eigenvalue weighted by molar-refractivity contribution is 0.0525. The number of hydrogen-bond acceptors (Lipinski definition) is 12. The maximum Gasteiger partial charge on any atom is 0.341 e. The smallest absolute Gasteiger partial charge is 0.341 e. The van der Waals surface area contributed by atoms with E-state index in [1.807, 2.05) is 31.1 Å². The van der Waals surface area contributed by atoms with Gasteiger partial charge in [0.1, 0.15) is 5.82 Å². The van der Waals surface area contributed by atoms with Gasteiger partial charge in [0.25, 0.3) is 0 Å². The third-order valence-corrected chi connectivity index (χ3v) is 6.98. The normalized spacial score (nSPS) is 13.5. The fourth-order valence-corrected chi connectivity index (χ4v) is 5.14. The maximum absolute atomic E-state index is 11.9. The minimum Gasteiger partial charge on any atom is -0.462 e. The molecule has 37 heavy (non-hydrogen) atoms. The molecule has 1 aliphatic rings. The van der Waals surface area contributed by atoms with Gasteiger partial charge < -0.3 is 24.6 Å². The Hall–Kier alpha value is -3.90. The molecule has 1 aliphatic heterocycles. The largest absolute Gasteiger partial charge is 0.462 e. The van der Waals surface area contributed by atoms with Crippen LogP contribution in [-0.4, -0.2) is 77.9 Å². The SMILES string of the molecule is CCOC(=O)c1cnc(N(C)Cc2cc3nc(-c4ccc(NC)nc4)nc(N4CCOCC4)c3s2)nc1. The Kier molecular flexibility index (Phi) is 7.37. The highest BCUT2D eigenvalue weighted by Crippen LogP contribution is 2.35. The van der Waals surface area contributed by atoms with Crippen LogP contribution in [0.3, 0.4) is 0 Å². The number of nitrogens with one attached hydrogen (secondary N) is 1. The van der Waals surface area contributed by atoms with Crippen LogP contribution >= 0.6 is 11.3 Å². The van der Waals surface area contributed by atoms with Crippen LogP contribution < -0.4 is 15.1 Å². The summed E-state index contributed by atoms with van der Waals surface area (Å²) in [5.74, 6) is 2.43. The molecule has 1 N–H and O–H groups in total. The van der Waals surface area contributed by atoms with E-state index in [0.29, 0.717) is 43.7 Å². The summed E-state index contributed by atoms with van der Waals surface area (Å²) in [5, 5.41) is 3.04. The lowest BCUT2D eigenvalue weighted by Crippen LogP contribution is -2.36. The van der Waals surface area contributed by atoms with Crippen molar-refractivity contribution in [2.75, 3.05) is 62.1 Å². The zero-order valence-electron chi connectivity index (χ0n) is 21.0. The van der Waals surface area contributed by atoms with Crippen LogP contribution in [0.15, 0.2) is 36.8 Å². The van der Waals surface area contributed by atoms with Crippen molar-refractivity contribution in [2.45, 2.75) is 13.5 Å². The van der Waals surface area contributed by atoms with E-state index in [-0.39, 0.29) is 0 Å². The van der Waals surface area contributed by atoms with Gasteiger partial charge in [0.15, 0.2) is 11.6 Å². The number of carbonyl (C=O) groups is 1. The molecule has 1 fully saturated rings. The fourth-order valence-electron chi connectivity index (χ4n) is 3.98. The number of hydrogen-bond donors (Lipinski definition) is 1. The minimum absolute atomic E-state index is 0.307. The molecule has 4 aromatic heterocycles. The molecule has 0 radical (unpaired) electrons. The van der Waals surface area contributed by atoms with Crippen LogP contribution in [-0.2, 0) is 16.0 Å². The number of thiophene rings is 1. The molecular weight excluding hydrogens is 492 g/mol. The average Bonchev–Trinajstić information content (AvgIpc) is 3.35. The standard InChI is InChI=1S/C25H28N8O3S/c1-4-36-24(34)17-13-28-25(29-14-17)32(3)15-18-11-19-21(37-18)23(33-7-9-35-10-8-33)31-22(30-19)16-5-6-20(26-2)27-12-16/h5-6,11-14H,4,7-10,15H2,1-3H3,(H,26,27). The molecule has 0 aliphatic carbocycles. The Labute approximate surface area is 218 Å². The van der Waals surface area contributed by atoms with Gasteiger partial charge in [-0.05, 0) is 25.1 Å². The Bertz CT molecular complexity index is 1370. The number of fused-ring (bicyclic) bond motifs is 1. The molecule has 1 saturated heterocycles. The van der Waals surface area contributed by atoms with E-state index in [9.17, 15) is 4.79 Å². The molecule has 0 unspecified atom stereocenters. The van der Waals surface area contributed by atoms with Crippen LogP contribution in [0.25, 0.3) is 21.6 Å². The van der Waals surface area contributed by atoms with Crippen LogP contribution in [0.4, 0.5) is 17.6 Å². The Morgan fingerprint density at radius 2 is 1.95 bits per heavy atom. The third-order valence-electron chi connectivity index (χ3n) is 5.88. The summed E-state index contributed by atoms with van der Waals surface area (Å²) in [4.78, 5) is 40.2. The zero-order chi connectivity index (χ0) is 25.8. The molecular formula is C25H28N8O3S. The summed E-state index contributed by atoms with van der Waals surface area (Å²) in [6.07, 6.45) is 4.77. The summed E-state index contributed by atoms with van der Waals surface area (Å²) in [7, 11) is 3.75. The second-order valence-corrected chi connectivity index (χ2v) is 9.56. The number of anilines is 3. The summed E-state index contributed by atoms with van der Waals surface area (Å²) in [6, 6.07) is 5.98. The van der Waals surface area contributed by atoms with Crippen molar-refractivity contribution in [1.29, 1.82) is 0 Å². The van der Waals surface area contributed by atoms with Gasteiger partial charge in [0, 0.05) is 56.2 Å². The first-order valence-corrected chi connectivity index (χ1v) is 12.8. The predicted octanol–water partition coefficient (Wildman–Crippen LogP) is 3.23. The molecule has 12 heteroatoms. The van der Waals surface area contributed by atoms with Crippen molar-refractivity contribution in [3.63, 3.8) is 0 Å². The van der Waals surface area contributed by atoms with Crippen molar-refractivity contribution in [3.8, 4) is 11.4 Å². The topological polar surface area (TPSA) is 118 Å². The van der Waals surface area contributed by atoms with Gasteiger partial charge in [0.2, 0.25) is 5.95 Å². The Balaban J connectivity index is 1.45. The van der Waals surface area contributed by atoms with E-state index in [4.69, 9.17) is 19.4 Å². The monoisotopic (exact) mass is 520 g/mol. The minimum atomic E-state index is -0.429. The number of pyridine rings is 1. The van der Waals surface area contributed by atoms with Gasteiger partial charge in [-0.3, -0.25) is 0 Å². The molecule has 0 atom stereocenters. The molecule has 11 nitrogen and oxygen atoms in total. The first-order chi connectivity index (χ1) is 18.1. The number of aromatic nitrogens is 5. The Morgan fingerprint density at radius 1 is 1.16 bits per heavy atom. The molecule has 0 saturated carbocycles. The summed E-state index contributed by atoms with van der Waals surface area (Å²) in [5.41, 5.74) is 2.07. The maximum atomic E-state index is 11.9. The predicted molar refractivity (Wildman–Crippen MR) is 143 cm³/mol. The van der Waals surface area contributed by atoms with Gasteiger partial charge >= 0.3 is 5.97 Å². The van der Waals surface area contributed by atoms with E-state index in [1.54, 1.807) is 24.5 Å². The lowest BCUT2D eigenvalue weighted by Gasteiger charge is -2.28. The quantitative estimate of drug-likeness (QED) is 0.345. The number of nitrogens with zero attached hydrogens (tertiary/aromatic N) is 7. The van der Waals surface area contributed by atoms with Crippen LogP contribution in [0.2, 0.25) is 0 Å². The highest BCUT2D eigenvalue weighted by Gasteiger charge is 2.21. The van der Waals surface area contributed by atoms with Crippen molar-refractivity contribution in [1.82, 2.24) is 24.9 Å². The number of esters is 1. The average molecular weight is 521 g/mol.